The SMILES string of the molecule is CC(C)n1nc(-c2cncc(C(F)(F)F)c2)nc1C1C2CC(N3CCC4(C3)CS(=O)(=O)C4)C[C@H]21. The molecule has 0 aromatic carbocycles. The summed E-state index contributed by atoms with van der Waals surface area (Å²) in [5, 5.41) is 4.57. The molecule has 2 saturated heterocycles. The Hall–Kier alpha value is -2.01. The predicted octanol–water partition coefficient (Wildman–Crippen LogP) is 3.55. The molecule has 4 atom stereocenters. The highest BCUT2D eigenvalue weighted by atomic mass is 32.2. The van der Waals surface area contributed by atoms with Gasteiger partial charge in [-0.2, -0.15) is 18.3 Å². The highest BCUT2D eigenvalue weighted by molar-refractivity contribution is 7.92. The fraction of sp³-hybridized carbons (Fsp3) is 0.696. The van der Waals surface area contributed by atoms with Gasteiger partial charge in [0.2, 0.25) is 0 Å². The highest BCUT2D eigenvalue weighted by Gasteiger charge is 2.61. The van der Waals surface area contributed by atoms with Gasteiger partial charge in [-0.15, -0.1) is 0 Å². The molecule has 4 fully saturated rings. The summed E-state index contributed by atoms with van der Waals surface area (Å²) in [4.78, 5) is 11.0. The van der Waals surface area contributed by atoms with Crippen LogP contribution in [-0.4, -0.2) is 63.7 Å². The second-order valence-corrected chi connectivity index (χ2v) is 13.1. The Morgan fingerprint density at radius 1 is 1.15 bits per heavy atom. The number of aromatic nitrogens is 4. The summed E-state index contributed by atoms with van der Waals surface area (Å²) in [7, 11) is -2.82. The van der Waals surface area contributed by atoms with E-state index in [1.165, 1.54) is 6.20 Å². The fourth-order valence-corrected chi connectivity index (χ4v) is 8.94. The molecule has 7 nitrogen and oxygen atoms in total. The van der Waals surface area contributed by atoms with Crippen LogP contribution in [0.3, 0.4) is 0 Å². The molecule has 2 aromatic heterocycles. The minimum atomic E-state index is -4.47. The molecular formula is C23H28F3N5O2S. The Morgan fingerprint density at radius 3 is 2.47 bits per heavy atom. The van der Waals surface area contributed by atoms with E-state index in [0.717, 1.165) is 50.4 Å². The van der Waals surface area contributed by atoms with Crippen LogP contribution in [0.25, 0.3) is 11.4 Å². The molecule has 0 N–H and O–H groups in total. The van der Waals surface area contributed by atoms with Gasteiger partial charge in [0.25, 0.3) is 0 Å². The van der Waals surface area contributed by atoms with Crippen LogP contribution in [0, 0.1) is 17.3 Å². The maximum Gasteiger partial charge on any atom is 0.417 e. The largest absolute Gasteiger partial charge is 0.417 e. The summed E-state index contributed by atoms with van der Waals surface area (Å²) >= 11 is 0. The van der Waals surface area contributed by atoms with Crippen molar-refractivity contribution in [3.63, 3.8) is 0 Å². The molecule has 184 valence electrons. The number of sulfone groups is 1. The molecule has 11 heteroatoms. The summed E-state index contributed by atoms with van der Waals surface area (Å²) in [6.45, 7) is 5.86. The first-order valence-corrected chi connectivity index (χ1v) is 13.7. The molecule has 34 heavy (non-hydrogen) atoms. The maximum atomic E-state index is 13.1. The van der Waals surface area contributed by atoms with E-state index in [2.05, 4.69) is 15.0 Å². The zero-order valence-electron chi connectivity index (χ0n) is 19.2. The van der Waals surface area contributed by atoms with Gasteiger partial charge in [0, 0.05) is 47.9 Å². The van der Waals surface area contributed by atoms with Gasteiger partial charge < -0.3 is 0 Å². The van der Waals surface area contributed by atoms with Crippen LogP contribution >= 0.6 is 0 Å². The van der Waals surface area contributed by atoms with Gasteiger partial charge in [0.05, 0.1) is 17.1 Å². The maximum absolute atomic E-state index is 13.1. The van der Waals surface area contributed by atoms with Crippen molar-refractivity contribution < 1.29 is 21.6 Å². The van der Waals surface area contributed by atoms with Crippen molar-refractivity contribution in [2.45, 2.75) is 57.3 Å². The van der Waals surface area contributed by atoms with E-state index >= 15 is 0 Å². The van der Waals surface area contributed by atoms with Crippen LogP contribution in [-0.2, 0) is 16.0 Å². The smallest absolute Gasteiger partial charge is 0.300 e. The summed E-state index contributed by atoms with van der Waals surface area (Å²) in [5.74, 6) is 3.10. The molecule has 4 aliphatic rings. The third kappa shape index (κ3) is 3.66. The van der Waals surface area contributed by atoms with Crippen LogP contribution in [0.4, 0.5) is 13.2 Å². The number of hydrogen-bond donors (Lipinski definition) is 0. The van der Waals surface area contributed by atoms with Crippen LogP contribution in [0.15, 0.2) is 18.5 Å². The van der Waals surface area contributed by atoms with Gasteiger partial charge in [-0.1, -0.05) is 0 Å². The standard InChI is InChI=1S/C23H28F3N5O2S/c1-13(2)31-21(28-20(29-31)14-5-15(9-27-8-14)23(24,25)26)19-17-6-16(7-18(17)19)30-4-3-22(10-30)11-34(32,33)12-22/h5,8-9,13,16-19H,3-4,6-7,10-12H2,1-2H3/t16?,17-,18?,19?/m1/s1. The molecule has 4 heterocycles. The Labute approximate surface area is 196 Å². The summed E-state index contributed by atoms with van der Waals surface area (Å²) in [6.07, 6.45) is 0.820. The van der Waals surface area contributed by atoms with Crippen molar-refractivity contribution in [3.8, 4) is 11.4 Å². The molecule has 0 amide bonds. The van der Waals surface area contributed by atoms with Gasteiger partial charge >= 0.3 is 6.18 Å². The monoisotopic (exact) mass is 495 g/mol. The zero-order valence-corrected chi connectivity index (χ0v) is 20.0. The third-order valence-electron chi connectivity index (χ3n) is 8.23. The second-order valence-electron chi connectivity index (χ2n) is 11.0. The van der Waals surface area contributed by atoms with Gasteiger partial charge in [-0.25, -0.2) is 18.1 Å². The Balaban J connectivity index is 1.17. The molecular weight excluding hydrogens is 467 g/mol. The van der Waals surface area contributed by atoms with Gasteiger partial charge in [-0.05, 0) is 57.6 Å². The van der Waals surface area contributed by atoms with Crippen molar-refractivity contribution >= 4 is 9.84 Å². The summed E-state index contributed by atoms with van der Waals surface area (Å²) < 4.78 is 64.7. The van der Waals surface area contributed by atoms with E-state index in [-0.39, 0.29) is 28.8 Å². The Kier molecular flexibility index (Phi) is 4.79. The van der Waals surface area contributed by atoms with E-state index in [4.69, 9.17) is 4.98 Å². The predicted molar refractivity (Wildman–Crippen MR) is 119 cm³/mol. The molecule has 2 aromatic rings. The number of pyridine rings is 1. The van der Waals surface area contributed by atoms with Crippen LogP contribution in [0.5, 0.6) is 0 Å². The molecule has 2 aliphatic heterocycles. The Morgan fingerprint density at radius 2 is 1.85 bits per heavy atom. The topological polar surface area (TPSA) is 81.0 Å². The van der Waals surface area contributed by atoms with Gasteiger partial charge in [0.15, 0.2) is 15.7 Å². The second kappa shape index (κ2) is 7.25. The molecule has 1 spiro atoms. The highest BCUT2D eigenvalue weighted by Crippen LogP contribution is 2.64. The van der Waals surface area contributed by atoms with Crippen molar-refractivity contribution in [1.29, 1.82) is 0 Å². The van der Waals surface area contributed by atoms with E-state index in [1.54, 1.807) is 0 Å². The number of alkyl halides is 3. The van der Waals surface area contributed by atoms with Gasteiger partial charge in [-0.3, -0.25) is 9.88 Å². The first-order chi connectivity index (χ1) is 15.9. The normalized spacial score (nSPS) is 31.7. The lowest BCUT2D eigenvalue weighted by Gasteiger charge is -2.38. The van der Waals surface area contributed by atoms with E-state index in [0.29, 0.717) is 29.4 Å². The first kappa shape index (κ1) is 22.5. The number of halogens is 3. The van der Waals surface area contributed by atoms with Crippen LogP contribution in [0.2, 0.25) is 0 Å². The minimum absolute atomic E-state index is 0.0171. The number of rotatable bonds is 4. The molecule has 3 unspecified atom stereocenters. The summed E-state index contributed by atoms with van der Waals surface area (Å²) in [5.41, 5.74) is -0.547. The molecule has 0 bridgehead atoms. The fourth-order valence-electron chi connectivity index (χ4n) is 6.68. The summed E-state index contributed by atoms with van der Waals surface area (Å²) in [6, 6.07) is 1.59. The van der Waals surface area contributed by atoms with E-state index < -0.39 is 21.6 Å². The molecule has 2 aliphatic carbocycles. The third-order valence-corrected chi connectivity index (χ3v) is 10.3. The van der Waals surface area contributed by atoms with Gasteiger partial charge in [0.1, 0.15) is 5.82 Å². The van der Waals surface area contributed by atoms with Crippen LogP contribution < -0.4 is 0 Å². The van der Waals surface area contributed by atoms with Crippen molar-refractivity contribution in [2.75, 3.05) is 24.6 Å². The first-order valence-electron chi connectivity index (χ1n) is 11.9. The minimum Gasteiger partial charge on any atom is -0.300 e. The van der Waals surface area contributed by atoms with E-state index in [9.17, 15) is 21.6 Å². The molecule has 2 saturated carbocycles. The number of fused-ring (bicyclic) bond motifs is 1. The number of nitrogens with zero attached hydrogens (tertiary/aromatic N) is 5. The van der Waals surface area contributed by atoms with Crippen LogP contribution in [0.1, 0.15) is 56.5 Å². The Bertz CT molecular complexity index is 1220. The lowest BCUT2D eigenvalue weighted by atomic mass is 9.91. The number of hydrogen-bond acceptors (Lipinski definition) is 6. The lowest BCUT2D eigenvalue weighted by molar-refractivity contribution is -0.137. The zero-order chi connectivity index (χ0) is 24.0. The quantitative estimate of drug-likeness (QED) is 0.645. The van der Waals surface area contributed by atoms with Crippen molar-refractivity contribution in [3.05, 3.63) is 29.8 Å². The molecule has 6 rings (SSSR count). The van der Waals surface area contributed by atoms with E-state index in [1.807, 2.05) is 18.5 Å². The van der Waals surface area contributed by atoms with Crippen molar-refractivity contribution in [1.82, 2.24) is 24.6 Å². The molecule has 0 radical (unpaired) electrons. The lowest BCUT2D eigenvalue weighted by Crippen LogP contribution is -2.50. The van der Waals surface area contributed by atoms with Crippen molar-refractivity contribution in [2.24, 2.45) is 17.3 Å². The number of likely N-dealkylation sites (tertiary alicyclic amines) is 1. The average Bonchev–Trinajstić information content (AvgIpc) is 3.18. The average molecular weight is 496 g/mol.